The number of ether oxygens (including phenoxy) is 1. The van der Waals surface area contributed by atoms with Crippen LogP contribution < -0.4 is 9.64 Å². The Labute approximate surface area is 154 Å². The maximum absolute atomic E-state index is 13.0. The van der Waals surface area contributed by atoms with Crippen molar-refractivity contribution in [1.29, 1.82) is 0 Å². The highest BCUT2D eigenvalue weighted by molar-refractivity contribution is 7.89. The molecule has 0 unspecified atom stereocenters. The van der Waals surface area contributed by atoms with E-state index in [0.29, 0.717) is 31.1 Å². The summed E-state index contributed by atoms with van der Waals surface area (Å²) in [7, 11) is -1.82. The Hall–Kier alpha value is -2.12. The molecule has 2 aliphatic rings. The number of rotatable bonds is 4. The van der Waals surface area contributed by atoms with Crippen molar-refractivity contribution in [2.45, 2.75) is 24.2 Å². The van der Waals surface area contributed by atoms with Gasteiger partial charge in [0.05, 0.1) is 12.0 Å². The minimum absolute atomic E-state index is 0.422. The normalized spacial score (nSPS) is 18.0. The highest BCUT2D eigenvalue weighted by atomic mass is 32.2. The third kappa shape index (κ3) is 3.17. The first-order chi connectivity index (χ1) is 12.6. The summed E-state index contributed by atoms with van der Waals surface area (Å²) in [5.41, 5.74) is 2.48. The molecule has 7 heteroatoms. The van der Waals surface area contributed by atoms with Gasteiger partial charge < -0.3 is 9.64 Å². The predicted octanol–water partition coefficient (Wildman–Crippen LogP) is 2.09. The van der Waals surface area contributed by atoms with Crippen LogP contribution in [-0.4, -0.2) is 51.0 Å². The Morgan fingerprint density at radius 1 is 1.00 bits per heavy atom. The zero-order valence-electron chi connectivity index (χ0n) is 14.9. The number of aryl methyl sites for hydroxylation is 2. The molecule has 1 aliphatic heterocycles. The lowest BCUT2D eigenvalue weighted by Gasteiger charge is -2.34. The number of sulfonamides is 1. The fourth-order valence-corrected chi connectivity index (χ4v) is 5.19. The summed E-state index contributed by atoms with van der Waals surface area (Å²) in [4.78, 5) is 6.89. The molecule has 0 N–H and O–H groups in total. The smallest absolute Gasteiger partial charge is 0.243 e. The van der Waals surface area contributed by atoms with Crippen LogP contribution in [-0.2, 0) is 22.9 Å². The van der Waals surface area contributed by atoms with Gasteiger partial charge in [0.15, 0.2) is 0 Å². The van der Waals surface area contributed by atoms with Gasteiger partial charge in [0.1, 0.15) is 11.6 Å². The van der Waals surface area contributed by atoms with E-state index in [1.165, 1.54) is 11.1 Å². The average Bonchev–Trinajstić information content (AvgIpc) is 3.16. The molecule has 0 radical (unpaired) electrons. The number of hydrogen-bond acceptors (Lipinski definition) is 5. The van der Waals surface area contributed by atoms with E-state index in [0.717, 1.165) is 30.8 Å². The van der Waals surface area contributed by atoms with Crippen LogP contribution in [0.15, 0.2) is 41.4 Å². The standard InChI is InChI=1S/C19H23N3O3S/c1-25-17-7-8-20-19(14-17)21-9-11-22(12-10-21)26(23,24)18-6-5-15-3-2-4-16(15)13-18/h5-8,13-14H,2-4,9-12H2,1H3. The first-order valence-electron chi connectivity index (χ1n) is 8.95. The minimum atomic E-state index is -3.44. The Morgan fingerprint density at radius 2 is 1.77 bits per heavy atom. The maximum atomic E-state index is 13.0. The lowest BCUT2D eigenvalue weighted by Crippen LogP contribution is -2.48. The molecule has 2 heterocycles. The molecule has 26 heavy (non-hydrogen) atoms. The van der Waals surface area contributed by atoms with Gasteiger partial charge in [-0.1, -0.05) is 6.07 Å². The van der Waals surface area contributed by atoms with Crippen molar-refractivity contribution in [1.82, 2.24) is 9.29 Å². The molecule has 0 spiro atoms. The van der Waals surface area contributed by atoms with Crippen molar-refractivity contribution in [2.75, 3.05) is 38.2 Å². The van der Waals surface area contributed by atoms with Gasteiger partial charge in [0, 0.05) is 38.4 Å². The van der Waals surface area contributed by atoms with Crippen LogP contribution in [0, 0.1) is 0 Å². The minimum Gasteiger partial charge on any atom is -0.497 e. The first kappa shape index (κ1) is 17.3. The number of benzene rings is 1. The second-order valence-corrected chi connectivity index (χ2v) is 8.67. The highest BCUT2D eigenvalue weighted by Gasteiger charge is 2.29. The molecule has 6 nitrogen and oxygen atoms in total. The fraction of sp³-hybridized carbons (Fsp3) is 0.421. The molecule has 1 saturated heterocycles. The van der Waals surface area contributed by atoms with Crippen molar-refractivity contribution in [3.8, 4) is 5.75 Å². The fourth-order valence-electron chi connectivity index (χ4n) is 3.71. The lowest BCUT2D eigenvalue weighted by atomic mass is 10.1. The van der Waals surface area contributed by atoms with Gasteiger partial charge in [-0.3, -0.25) is 0 Å². The van der Waals surface area contributed by atoms with Crippen molar-refractivity contribution < 1.29 is 13.2 Å². The van der Waals surface area contributed by atoms with Crippen LogP contribution in [0.3, 0.4) is 0 Å². The molecule has 0 amide bonds. The average molecular weight is 373 g/mol. The maximum Gasteiger partial charge on any atom is 0.243 e. The molecule has 1 fully saturated rings. The SMILES string of the molecule is COc1ccnc(N2CCN(S(=O)(=O)c3ccc4c(c3)CCC4)CC2)c1. The lowest BCUT2D eigenvalue weighted by molar-refractivity contribution is 0.382. The van der Waals surface area contributed by atoms with E-state index in [1.807, 2.05) is 18.2 Å². The van der Waals surface area contributed by atoms with E-state index in [-0.39, 0.29) is 0 Å². The first-order valence-corrected chi connectivity index (χ1v) is 10.4. The van der Waals surface area contributed by atoms with Crippen LogP contribution in [0.2, 0.25) is 0 Å². The van der Waals surface area contributed by atoms with E-state index < -0.39 is 10.0 Å². The van der Waals surface area contributed by atoms with Crippen LogP contribution in [0.4, 0.5) is 5.82 Å². The monoisotopic (exact) mass is 373 g/mol. The second kappa shape index (κ2) is 6.89. The zero-order valence-corrected chi connectivity index (χ0v) is 15.7. The number of hydrogen-bond donors (Lipinski definition) is 0. The molecule has 2 aromatic rings. The van der Waals surface area contributed by atoms with Gasteiger partial charge in [-0.25, -0.2) is 13.4 Å². The Kier molecular flexibility index (Phi) is 4.58. The van der Waals surface area contributed by atoms with Gasteiger partial charge in [-0.15, -0.1) is 0 Å². The van der Waals surface area contributed by atoms with Gasteiger partial charge in [-0.2, -0.15) is 4.31 Å². The molecule has 0 saturated carbocycles. The van der Waals surface area contributed by atoms with Crippen molar-refractivity contribution in [2.24, 2.45) is 0 Å². The van der Waals surface area contributed by atoms with Crippen LogP contribution in [0.25, 0.3) is 0 Å². The van der Waals surface area contributed by atoms with Crippen LogP contribution in [0.5, 0.6) is 5.75 Å². The molecular formula is C19H23N3O3S. The van der Waals surface area contributed by atoms with Gasteiger partial charge in [0.2, 0.25) is 10.0 Å². The molecule has 138 valence electrons. The number of nitrogens with zero attached hydrogens (tertiary/aromatic N) is 3. The van der Waals surface area contributed by atoms with E-state index in [9.17, 15) is 8.42 Å². The van der Waals surface area contributed by atoms with Crippen molar-refractivity contribution >= 4 is 15.8 Å². The largest absolute Gasteiger partial charge is 0.497 e. The number of aromatic nitrogens is 1. The summed E-state index contributed by atoms with van der Waals surface area (Å²) < 4.78 is 32.8. The summed E-state index contributed by atoms with van der Waals surface area (Å²) in [5.74, 6) is 1.57. The van der Waals surface area contributed by atoms with Crippen LogP contribution >= 0.6 is 0 Å². The number of pyridine rings is 1. The molecule has 1 aromatic carbocycles. The number of fused-ring (bicyclic) bond motifs is 1. The summed E-state index contributed by atoms with van der Waals surface area (Å²) in [6.45, 7) is 2.14. The van der Waals surface area contributed by atoms with Gasteiger partial charge in [-0.05, 0) is 48.6 Å². The Morgan fingerprint density at radius 3 is 2.54 bits per heavy atom. The third-order valence-electron chi connectivity index (χ3n) is 5.22. The Balaban J connectivity index is 1.48. The van der Waals surface area contributed by atoms with Crippen LogP contribution in [0.1, 0.15) is 17.5 Å². The number of methoxy groups -OCH3 is 1. The summed E-state index contributed by atoms with van der Waals surface area (Å²) in [6.07, 6.45) is 4.86. The second-order valence-electron chi connectivity index (χ2n) is 6.73. The Bertz CT molecular complexity index is 906. The van der Waals surface area contributed by atoms with E-state index in [4.69, 9.17) is 4.74 Å². The molecular weight excluding hydrogens is 350 g/mol. The van der Waals surface area contributed by atoms with E-state index >= 15 is 0 Å². The van der Waals surface area contributed by atoms with Crippen molar-refractivity contribution in [3.63, 3.8) is 0 Å². The third-order valence-corrected chi connectivity index (χ3v) is 7.12. The molecule has 0 atom stereocenters. The summed E-state index contributed by atoms with van der Waals surface area (Å²) in [5, 5.41) is 0. The molecule has 4 rings (SSSR count). The molecule has 1 aromatic heterocycles. The number of anilines is 1. The van der Waals surface area contributed by atoms with E-state index in [1.54, 1.807) is 29.7 Å². The zero-order chi connectivity index (χ0) is 18.1. The number of piperazine rings is 1. The quantitative estimate of drug-likeness (QED) is 0.821. The molecule has 0 bridgehead atoms. The predicted molar refractivity (Wildman–Crippen MR) is 100 cm³/mol. The van der Waals surface area contributed by atoms with Gasteiger partial charge in [0.25, 0.3) is 0 Å². The summed E-state index contributed by atoms with van der Waals surface area (Å²) in [6, 6.07) is 9.29. The van der Waals surface area contributed by atoms with Gasteiger partial charge >= 0.3 is 0 Å². The highest BCUT2D eigenvalue weighted by Crippen LogP contribution is 2.27. The summed E-state index contributed by atoms with van der Waals surface area (Å²) >= 11 is 0. The van der Waals surface area contributed by atoms with Crippen molar-refractivity contribution in [3.05, 3.63) is 47.7 Å². The van der Waals surface area contributed by atoms with E-state index in [2.05, 4.69) is 9.88 Å². The topological polar surface area (TPSA) is 62.7 Å². The molecule has 1 aliphatic carbocycles.